The number of ether oxygens (including phenoxy) is 2. The Balaban J connectivity index is 1.24. The molecule has 2 aromatic rings. The fraction of sp³-hybridized carbons (Fsp3) is 0.556. The van der Waals surface area contributed by atoms with Gasteiger partial charge in [0, 0.05) is 43.5 Å². The molecular weight excluding hydrogens is 426 g/mol. The minimum Gasteiger partial charge on any atom is -0.476 e. The van der Waals surface area contributed by atoms with E-state index in [2.05, 4.69) is 39.4 Å². The zero-order valence-corrected chi connectivity index (χ0v) is 20.3. The van der Waals surface area contributed by atoms with Crippen LogP contribution in [0.25, 0.3) is 0 Å². The summed E-state index contributed by atoms with van der Waals surface area (Å²) in [6, 6.07) is 13.1. The van der Waals surface area contributed by atoms with Crippen LogP contribution in [-0.2, 0) is 4.74 Å². The highest BCUT2D eigenvalue weighted by Crippen LogP contribution is 2.35. The Labute approximate surface area is 203 Å². The van der Waals surface area contributed by atoms with E-state index >= 15 is 0 Å². The van der Waals surface area contributed by atoms with Crippen LogP contribution in [0.2, 0.25) is 0 Å². The van der Waals surface area contributed by atoms with Crippen molar-refractivity contribution in [2.45, 2.75) is 45.1 Å². The number of pyridine rings is 1. The van der Waals surface area contributed by atoms with Crippen molar-refractivity contribution in [1.29, 1.82) is 0 Å². The fourth-order valence-corrected chi connectivity index (χ4v) is 5.60. The van der Waals surface area contributed by atoms with E-state index in [0.29, 0.717) is 18.3 Å². The van der Waals surface area contributed by atoms with Gasteiger partial charge < -0.3 is 14.4 Å². The Hall–Kier alpha value is -2.64. The van der Waals surface area contributed by atoms with Crippen LogP contribution in [0.1, 0.15) is 43.2 Å². The largest absolute Gasteiger partial charge is 0.476 e. The standard InChI is InChI=1S/C27H37N5O2/c1-21-5-4-6-22(17-21)20-28-30-26-18-24(31-11-14-33-15-12-31)19-27(29-26)34-16-13-32-10-9-23-7-2-3-8-25(23)32/h4-6,17-20,23,25H,2-3,7-16H2,1H3,(H,29,30)/b28-20+. The summed E-state index contributed by atoms with van der Waals surface area (Å²) in [4.78, 5) is 9.66. The van der Waals surface area contributed by atoms with Crippen molar-refractivity contribution in [3.8, 4) is 5.88 Å². The molecule has 2 saturated heterocycles. The average molecular weight is 464 g/mol. The van der Waals surface area contributed by atoms with Gasteiger partial charge in [-0.2, -0.15) is 10.1 Å². The molecular formula is C27H37N5O2. The molecule has 1 N–H and O–H groups in total. The van der Waals surface area contributed by atoms with Gasteiger partial charge in [0.2, 0.25) is 5.88 Å². The molecule has 0 spiro atoms. The van der Waals surface area contributed by atoms with Crippen LogP contribution in [0.5, 0.6) is 5.88 Å². The Kier molecular flexibility index (Phi) is 7.61. The van der Waals surface area contributed by atoms with E-state index in [4.69, 9.17) is 14.5 Å². The molecule has 0 amide bonds. The lowest BCUT2D eigenvalue weighted by Crippen LogP contribution is -2.37. The molecule has 7 nitrogen and oxygen atoms in total. The van der Waals surface area contributed by atoms with Crippen molar-refractivity contribution in [1.82, 2.24) is 9.88 Å². The SMILES string of the molecule is Cc1cccc(/C=N/Nc2cc(N3CCOCC3)cc(OCCN3CCC4CCCCC43)n2)c1. The number of hydrogen-bond acceptors (Lipinski definition) is 7. The molecule has 2 atom stereocenters. The molecule has 7 heteroatoms. The van der Waals surface area contributed by atoms with Crippen LogP contribution in [0, 0.1) is 12.8 Å². The zero-order chi connectivity index (χ0) is 23.2. The maximum atomic E-state index is 6.20. The molecule has 5 rings (SSSR count). The topological polar surface area (TPSA) is 62.2 Å². The van der Waals surface area contributed by atoms with E-state index in [-0.39, 0.29) is 0 Å². The van der Waals surface area contributed by atoms with Gasteiger partial charge in [-0.3, -0.25) is 10.3 Å². The van der Waals surface area contributed by atoms with Crippen molar-refractivity contribution in [2.24, 2.45) is 11.0 Å². The van der Waals surface area contributed by atoms with Crippen LogP contribution < -0.4 is 15.1 Å². The smallest absolute Gasteiger partial charge is 0.217 e. The first-order valence-electron chi connectivity index (χ1n) is 12.8. The van der Waals surface area contributed by atoms with Gasteiger partial charge >= 0.3 is 0 Å². The van der Waals surface area contributed by atoms with Crippen molar-refractivity contribution in [3.05, 3.63) is 47.5 Å². The summed E-state index contributed by atoms with van der Waals surface area (Å²) in [5.41, 5.74) is 6.47. The number of nitrogens with zero attached hydrogens (tertiary/aromatic N) is 4. The van der Waals surface area contributed by atoms with Crippen LogP contribution in [0.4, 0.5) is 11.5 Å². The van der Waals surface area contributed by atoms with Crippen LogP contribution in [-0.4, -0.2) is 68.1 Å². The van der Waals surface area contributed by atoms with Gasteiger partial charge in [-0.1, -0.05) is 42.7 Å². The molecule has 0 bridgehead atoms. The van der Waals surface area contributed by atoms with Crippen LogP contribution in [0.15, 0.2) is 41.5 Å². The molecule has 2 aliphatic heterocycles. The number of nitrogens with one attached hydrogen (secondary N) is 1. The molecule has 0 radical (unpaired) electrons. The summed E-state index contributed by atoms with van der Waals surface area (Å²) in [5.74, 6) is 2.24. The molecule has 3 aliphatic rings. The van der Waals surface area contributed by atoms with E-state index in [1.165, 1.54) is 44.2 Å². The molecule has 1 aromatic carbocycles. The quantitative estimate of drug-likeness (QED) is 0.465. The lowest BCUT2D eigenvalue weighted by Gasteiger charge is -2.31. The predicted molar refractivity (Wildman–Crippen MR) is 137 cm³/mol. The number of aromatic nitrogens is 1. The maximum absolute atomic E-state index is 6.20. The van der Waals surface area contributed by atoms with Crippen molar-refractivity contribution >= 4 is 17.7 Å². The molecule has 2 unspecified atom stereocenters. The first-order valence-corrected chi connectivity index (χ1v) is 12.8. The monoisotopic (exact) mass is 463 g/mol. The fourth-order valence-electron chi connectivity index (χ4n) is 5.60. The van der Waals surface area contributed by atoms with Crippen molar-refractivity contribution in [3.63, 3.8) is 0 Å². The molecule has 1 saturated carbocycles. The van der Waals surface area contributed by atoms with Gasteiger partial charge in [0.1, 0.15) is 6.61 Å². The number of rotatable bonds is 8. The van der Waals surface area contributed by atoms with Gasteiger partial charge in [-0.25, -0.2) is 0 Å². The molecule has 1 aromatic heterocycles. The van der Waals surface area contributed by atoms with Crippen LogP contribution >= 0.6 is 0 Å². The maximum Gasteiger partial charge on any atom is 0.217 e. The molecule has 3 fully saturated rings. The van der Waals surface area contributed by atoms with Gasteiger partial charge in [0.05, 0.1) is 19.4 Å². The number of hydrogen-bond donors (Lipinski definition) is 1. The number of hydrazone groups is 1. The average Bonchev–Trinajstić information content (AvgIpc) is 3.28. The van der Waals surface area contributed by atoms with Crippen molar-refractivity contribution in [2.75, 3.05) is 56.3 Å². The lowest BCUT2D eigenvalue weighted by atomic mass is 9.85. The first-order chi connectivity index (χ1) is 16.7. The summed E-state index contributed by atoms with van der Waals surface area (Å²) in [6.07, 6.45) is 8.71. The highest BCUT2D eigenvalue weighted by Gasteiger charge is 2.35. The number of anilines is 2. The summed E-state index contributed by atoms with van der Waals surface area (Å²) in [7, 11) is 0. The summed E-state index contributed by atoms with van der Waals surface area (Å²) in [5, 5.41) is 4.42. The van der Waals surface area contributed by atoms with Crippen LogP contribution in [0.3, 0.4) is 0 Å². The minimum absolute atomic E-state index is 0.650. The van der Waals surface area contributed by atoms with E-state index < -0.39 is 0 Å². The second-order valence-corrected chi connectivity index (χ2v) is 9.72. The Bertz CT molecular complexity index is 975. The number of aryl methyl sites for hydroxylation is 1. The third-order valence-electron chi connectivity index (χ3n) is 7.35. The lowest BCUT2D eigenvalue weighted by molar-refractivity contribution is 0.122. The highest BCUT2D eigenvalue weighted by atomic mass is 16.5. The highest BCUT2D eigenvalue weighted by molar-refractivity contribution is 5.80. The van der Waals surface area contributed by atoms with E-state index in [9.17, 15) is 0 Å². The van der Waals surface area contributed by atoms with E-state index in [0.717, 1.165) is 56.1 Å². The predicted octanol–water partition coefficient (Wildman–Crippen LogP) is 4.32. The molecule has 182 valence electrons. The summed E-state index contributed by atoms with van der Waals surface area (Å²) in [6.45, 7) is 8.14. The van der Waals surface area contributed by atoms with Crippen molar-refractivity contribution < 1.29 is 9.47 Å². The van der Waals surface area contributed by atoms with Gasteiger partial charge in [0.15, 0.2) is 5.82 Å². The van der Waals surface area contributed by atoms with Gasteiger partial charge in [-0.15, -0.1) is 0 Å². The zero-order valence-electron chi connectivity index (χ0n) is 20.3. The third-order valence-corrected chi connectivity index (χ3v) is 7.35. The number of benzene rings is 1. The number of morpholine rings is 1. The first kappa shape index (κ1) is 23.1. The van der Waals surface area contributed by atoms with E-state index in [1.54, 1.807) is 0 Å². The van der Waals surface area contributed by atoms with Gasteiger partial charge in [-0.05, 0) is 44.2 Å². The minimum atomic E-state index is 0.650. The Morgan fingerprint density at radius 3 is 2.88 bits per heavy atom. The summed E-state index contributed by atoms with van der Waals surface area (Å²) < 4.78 is 11.7. The molecule has 34 heavy (non-hydrogen) atoms. The third kappa shape index (κ3) is 5.88. The van der Waals surface area contributed by atoms with E-state index in [1.807, 2.05) is 30.5 Å². The Morgan fingerprint density at radius 1 is 1.12 bits per heavy atom. The number of likely N-dealkylation sites (tertiary alicyclic amines) is 1. The van der Waals surface area contributed by atoms with Gasteiger partial charge in [0.25, 0.3) is 0 Å². The Morgan fingerprint density at radius 2 is 2.00 bits per heavy atom. The second-order valence-electron chi connectivity index (χ2n) is 9.72. The molecule has 1 aliphatic carbocycles. The molecule has 3 heterocycles. The summed E-state index contributed by atoms with van der Waals surface area (Å²) >= 11 is 0. The second kappa shape index (κ2) is 11.2. The normalized spacial score (nSPS) is 23.3. The number of fused-ring (bicyclic) bond motifs is 1.